The minimum Gasteiger partial charge on any atom is -0.348 e. The quantitative estimate of drug-likeness (QED) is 0.659. The van der Waals surface area contributed by atoms with Crippen molar-refractivity contribution >= 4 is 26.8 Å². The predicted octanol–water partition coefficient (Wildman–Crippen LogP) is 4.58. The Morgan fingerprint density at radius 2 is 1.73 bits per heavy atom. The molecule has 1 aromatic carbocycles. The second-order valence-corrected chi connectivity index (χ2v) is 4.35. The number of hydrogen-bond donors (Lipinski definition) is 0. The summed E-state index contributed by atoms with van der Waals surface area (Å²) in [7, 11) is 2.11. The molecule has 0 spiro atoms. The van der Waals surface area contributed by atoms with Crippen molar-refractivity contribution in [1.29, 1.82) is 0 Å². The summed E-state index contributed by atoms with van der Waals surface area (Å²) in [6.07, 6.45) is 0. The van der Waals surface area contributed by atoms with E-state index < -0.39 is 0 Å². The fourth-order valence-corrected chi connectivity index (χ4v) is 2.08. The van der Waals surface area contributed by atoms with Gasteiger partial charge in [0.15, 0.2) is 0 Å². The van der Waals surface area contributed by atoms with E-state index in [0.29, 0.717) is 0 Å². The van der Waals surface area contributed by atoms with Crippen molar-refractivity contribution in [1.82, 2.24) is 4.57 Å². The molecule has 0 radical (unpaired) electrons. The van der Waals surface area contributed by atoms with E-state index in [2.05, 4.69) is 59.6 Å². The Bertz CT molecular complexity index is 469. The van der Waals surface area contributed by atoms with E-state index in [0.717, 1.165) is 4.47 Å². The minimum atomic E-state index is 1.14. The zero-order valence-electron chi connectivity index (χ0n) is 10.1. The van der Waals surface area contributed by atoms with Gasteiger partial charge in [-0.15, -0.1) is 0 Å². The van der Waals surface area contributed by atoms with E-state index in [4.69, 9.17) is 0 Å². The van der Waals surface area contributed by atoms with Crippen LogP contribution in [0, 0.1) is 13.8 Å². The summed E-state index contributed by atoms with van der Waals surface area (Å²) in [6, 6.07) is 6.42. The summed E-state index contributed by atoms with van der Waals surface area (Å²) in [4.78, 5) is 0. The van der Waals surface area contributed by atoms with Crippen LogP contribution in [-0.4, -0.2) is 4.57 Å². The monoisotopic (exact) mass is 267 g/mol. The van der Waals surface area contributed by atoms with Crippen molar-refractivity contribution in [2.24, 2.45) is 7.05 Å². The molecule has 2 rings (SSSR count). The molecular formula is C13H18BrN. The van der Waals surface area contributed by atoms with Gasteiger partial charge in [-0.05, 0) is 31.5 Å². The maximum Gasteiger partial charge on any atom is 0.0493 e. The first-order valence-electron chi connectivity index (χ1n) is 5.32. The van der Waals surface area contributed by atoms with Crippen molar-refractivity contribution in [2.45, 2.75) is 27.7 Å². The predicted molar refractivity (Wildman–Crippen MR) is 71.4 cm³/mol. The van der Waals surface area contributed by atoms with E-state index in [1.807, 2.05) is 13.8 Å². The molecule has 2 heteroatoms. The maximum atomic E-state index is 3.49. The van der Waals surface area contributed by atoms with Gasteiger partial charge in [-0.2, -0.15) is 0 Å². The minimum absolute atomic E-state index is 1.14. The molecule has 15 heavy (non-hydrogen) atoms. The number of nitrogens with zero attached hydrogens (tertiary/aromatic N) is 1. The fourth-order valence-electron chi connectivity index (χ4n) is 1.73. The standard InChI is InChI=1S/C11H12BrN.C2H6/c1-7-8(2)13(3)11-6-9(12)4-5-10(7)11;1-2/h4-6H,1-3H3;1-2H3. The van der Waals surface area contributed by atoms with Crippen molar-refractivity contribution in [2.75, 3.05) is 0 Å². The smallest absolute Gasteiger partial charge is 0.0493 e. The normalized spacial score (nSPS) is 10.0. The van der Waals surface area contributed by atoms with Crippen molar-refractivity contribution in [3.05, 3.63) is 33.9 Å². The van der Waals surface area contributed by atoms with Gasteiger partial charge in [-0.1, -0.05) is 35.8 Å². The Hall–Kier alpha value is -0.760. The molecule has 0 saturated heterocycles. The molecule has 0 bridgehead atoms. The number of aryl methyl sites for hydroxylation is 2. The first-order valence-corrected chi connectivity index (χ1v) is 6.11. The molecule has 0 aliphatic carbocycles. The second kappa shape index (κ2) is 4.84. The van der Waals surface area contributed by atoms with E-state index in [-0.39, 0.29) is 0 Å². The van der Waals surface area contributed by atoms with Gasteiger partial charge in [-0.3, -0.25) is 0 Å². The second-order valence-electron chi connectivity index (χ2n) is 3.43. The molecule has 0 N–H and O–H groups in total. The Labute approximate surface area is 100 Å². The number of rotatable bonds is 0. The zero-order chi connectivity index (χ0) is 11.6. The molecule has 1 heterocycles. The van der Waals surface area contributed by atoms with Crippen molar-refractivity contribution in [3.8, 4) is 0 Å². The number of benzene rings is 1. The third-order valence-electron chi connectivity index (χ3n) is 2.77. The van der Waals surface area contributed by atoms with Crippen LogP contribution in [0.1, 0.15) is 25.1 Å². The number of aromatic nitrogens is 1. The highest BCUT2D eigenvalue weighted by molar-refractivity contribution is 9.10. The highest BCUT2D eigenvalue weighted by atomic mass is 79.9. The van der Waals surface area contributed by atoms with E-state index in [1.54, 1.807) is 0 Å². The summed E-state index contributed by atoms with van der Waals surface area (Å²) < 4.78 is 3.37. The third kappa shape index (κ3) is 2.10. The van der Waals surface area contributed by atoms with Gasteiger partial charge in [-0.25, -0.2) is 0 Å². The largest absolute Gasteiger partial charge is 0.348 e. The van der Waals surface area contributed by atoms with E-state index in [1.165, 1.54) is 22.2 Å². The van der Waals surface area contributed by atoms with Gasteiger partial charge >= 0.3 is 0 Å². The third-order valence-corrected chi connectivity index (χ3v) is 3.26. The van der Waals surface area contributed by atoms with Crippen LogP contribution in [0.3, 0.4) is 0 Å². The Kier molecular flexibility index (Phi) is 3.97. The topological polar surface area (TPSA) is 4.93 Å². The van der Waals surface area contributed by atoms with Gasteiger partial charge in [0.1, 0.15) is 0 Å². The SMILES string of the molecule is CC.Cc1c(C)n(C)c2cc(Br)ccc12. The van der Waals surface area contributed by atoms with Crippen LogP contribution < -0.4 is 0 Å². The molecule has 1 nitrogen and oxygen atoms in total. The number of fused-ring (bicyclic) bond motifs is 1. The average Bonchev–Trinajstić information content (AvgIpc) is 2.47. The Morgan fingerprint density at radius 1 is 1.13 bits per heavy atom. The summed E-state index contributed by atoms with van der Waals surface area (Å²) >= 11 is 3.49. The van der Waals surface area contributed by atoms with E-state index >= 15 is 0 Å². The molecule has 1 aromatic heterocycles. The van der Waals surface area contributed by atoms with Gasteiger partial charge in [0.2, 0.25) is 0 Å². The molecule has 2 aromatic rings. The molecular weight excluding hydrogens is 250 g/mol. The molecule has 0 aliphatic rings. The maximum absolute atomic E-state index is 3.49. The Balaban J connectivity index is 0.000000531. The molecule has 82 valence electrons. The van der Waals surface area contributed by atoms with Crippen molar-refractivity contribution < 1.29 is 0 Å². The van der Waals surface area contributed by atoms with Crippen LogP contribution in [0.15, 0.2) is 22.7 Å². The molecule has 0 saturated carbocycles. The highest BCUT2D eigenvalue weighted by Crippen LogP contribution is 2.26. The lowest BCUT2D eigenvalue weighted by atomic mass is 10.2. The van der Waals surface area contributed by atoms with Crippen LogP contribution >= 0.6 is 15.9 Å². The fraction of sp³-hybridized carbons (Fsp3) is 0.385. The van der Waals surface area contributed by atoms with Crippen LogP contribution in [-0.2, 0) is 7.05 Å². The molecule has 0 aliphatic heterocycles. The molecule has 0 amide bonds. The van der Waals surface area contributed by atoms with Crippen LogP contribution in [0.25, 0.3) is 10.9 Å². The van der Waals surface area contributed by atoms with Gasteiger partial charge in [0.25, 0.3) is 0 Å². The van der Waals surface area contributed by atoms with Gasteiger partial charge < -0.3 is 4.57 Å². The van der Waals surface area contributed by atoms with Gasteiger partial charge in [0.05, 0.1) is 0 Å². The average molecular weight is 268 g/mol. The first kappa shape index (κ1) is 12.3. The number of hydrogen-bond acceptors (Lipinski definition) is 0. The lowest BCUT2D eigenvalue weighted by Gasteiger charge is -1.98. The summed E-state index contributed by atoms with van der Waals surface area (Å²) in [5.74, 6) is 0. The summed E-state index contributed by atoms with van der Waals surface area (Å²) in [5.41, 5.74) is 4.02. The van der Waals surface area contributed by atoms with Gasteiger partial charge in [0, 0.05) is 28.1 Å². The van der Waals surface area contributed by atoms with E-state index in [9.17, 15) is 0 Å². The summed E-state index contributed by atoms with van der Waals surface area (Å²) in [5, 5.41) is 1.35. The highest BCUT2D eigenvalue weighted by Gasteiger charge is 2.07. The van der Waals surface area contributed by atoms with Crippen LogP contribution in [0.5, 0.6) is 0 Å². The lowest BCUT2D eigenvalue weighted by Crippen LogP contribution is -1.89. The summed E-state index contributed by atoms with van der Waals surface area (Å²) in [6.45, 7) is 8.33. The molecule has 0 unspecified atom stereocenters. The molecule has 0 fully saturated rings. The van der Waals surface area contributed by atoms with Crippen LogP contribution in [0.2, 0.25) is 0 Å². The van der Waals surface area contributed by atoms with Crippen LogP contribution in [0.4, 0.5) is 0 Å². The number of halogens is 1. The first-order chi connectivity index (χ1) is 7.11. The lowest BCUT2D eigenvalue weighted by molar-refractivity contribution is 0.910. The molecule has 0 atom stereocenters. The van der Waals surface area contributed by atoms with Crippen molar-refractivity contribution in [3.63, 3.8) is 0 Å². The zero-order valence-corrected chi connectivity index (χ0v) is 11.6. The Morgan fingerprint density at radius 3 is 2.33 bits per heavy atom.